The Labute approximate surface area is 352 Å². The van der Waals surface area contributed by atoms with Gasteiger partial charge in [0, 0.05) is 55.1 Å². The number of rotatable bonds is 7. The SMILES string of the molecule is COc1c2c3c4c(c(OC)c(=O)c5c6c(c(OC)c(c7c(OC)c8c(c(c1=O)c37)=NC(C(=O)[O-])CS8)c54)SCC(C(=O)[O-])N=6)C(C(C)=O)=C(C)C2.[Na+].[Na+]. The summed E-state index contributed by atoms with van der Waals surface area (Å²) in [5.74, 6) is -2.94. The number of carbonyl (C=O) groups is 3. The van der Waals surface area contributed by atoms with Crippen LogP contribution < -0.4 is 110 Å². The van der Waals surface area contributed by atoms with Crippen LogP contribution in [0.3, 0.4) is 0 Å². The van der Waals surface area contributed by atoms with E-state index >= 15 is 0 Å². The topological polar surface area (TPSA) is 193 Å². The van der Waals surface area contributed by atoms with Crippen LogP contribution in [0, 0.1) is 0 Å². The maximum atomic E-state index is 14.8. The maximum absolute atomic E-state index is 14.8. The Morgan fingerprint density at radius 3 is 1.49 bits per heavy atom. The summed E-state index contributed by atoms with van der Waals surface area (Å²) in [6.07, 6.45) is 0.0584. The third-order valence-corrected chi connectivity index (χ3v) is 12.2. The molecule has 53 heavy (non-hydrogen) atoms. The predicted molar refractivity (Wildman–Crippen MR) is 186 cm³/mol. The summed E-state index contributed by atoms with van der Waals surface area (Å²) in [6.45, 7) is 3.10. The van der Waals surface area contributed by atoms with Crippen LogP contribution in [-0.4, -0.2) is 69.8 Å². The molecular weight excluding hydrogens is 747 g/mol. The van der Waals surface area contributed by atoms with Gasteiger partial charge in [0.2, 0.25) is 10.9 Å². The Morgan fingerprint density at radius 2 is 1.08 bits per heavy atom. The summed E-state index contributed by atoms with van der Waals surface area (Å²) in [7, 11) is 5.52. The second-order valence-corrected chi connectivity index (χ2v) is 14.5. The van der Waals surface area contributed by atoms with Crippen molar-refractivity contribution in [2.24, 2.45) is 9.98 Å². The van der Waals surface area contributed by atoms with Crippen molar-refractivity contribution in [3.63, 3.8) is 0 Å². The van der Waals surface area contributed by atoms with Gasteiger partial charge in [-0.2, -0.15) is 0 Å². The molecule has 2 heterocycles. The Kier molecular flexibility index (Phi) is 10.6. The zero-order chi connectivity index (χ0) is 36.4. The number of thioether (sulfide) groups is 2. The molecule has 0 amide bonds. The third-order valence-electron chi connectivity index (χ3n) is 9.86. The van der Waals surface area contributed by atoms with Crippen molar-refractivity contribution in [2.45, 2.75) is 42.1 Å². The van der Waals surface area contributed by atoms with Crippen molar-refractivity contribution < 1.29 is 103 Å². The molecule has 2 unspecified atom stereocenters. The minimum absolute atomic E-state index is 0. The number of carboxylic acids is 2. The first-order valence-electron chi connectivity index (χ1n) is 15.7. The van der Waals surface area contributed by atoms with E-state index in [2.05, 4.69) is 9.98 Å². The van der Waals surface area contributed by atoms with Gasteiger partial charge < -0.3 is 38.7 Å². The van der Waals surface area contributed by atoms with Crippen molar-refractivity contribution in [2.75, 3.05) is 39.9 Å². The fourth-order valence-corrected chi connectivity index (χ4v) is 10.3. The molecule has 5 aromatic carbocycles. The predicted octanol–water partition coefficient (Wildman–Crippen LogP) is -5.46. The number of allylic oxidation sites excluding steroid dienone is 2. The molecule has 0 N–H and O–H groups in total. The molecule has 2 aliphatic heterocycles. The Bertz CT molecular complexity index is 2790. The molecule has 13 nitrogen and oxygen atoms in total. The molecule has 2 atom stereocenters. The Morgan fingerprint density at radius 1 is 0.642 bits per heavy atom. The second-order valence-electron chi connectivity index (χ2n) is 12.4. The number of carbonyl (C=O) groups excluding carboxylic acids is 3. The van der Waals surface area contributed by atoms with Gasteiger partial charge in [0.25, 0.3) is 0 Å². The van der Waals surface area contributed by atoms with Crippen LogP contribution in [0.25, 0.3) is 48.7 Å². The van der Waals surface area contributed by atoms with Crippen molar-refractivity contribution in [1.29, 1.82) is 0 Å². The van der Waals surface area contributed by atoms with E-state index in [0.717, 1.165) is 23.5 Å². The van der Waals surface area contributed by atoms with Crippen molar-refractivity contribution in [3.05, 3.63) is 47.9 Å². The van der Waals surface area contributed by atoms with Gasteiger partial charge in [0.15, 0.2) is 17.3 Å². The summed E-state index contributed by atoms with van der Waals surface area (Å²) in [6, 6.07) is -2.55. The number of Topliss-reactive ketones (excluding diaryl/α,β-unsaturated/α-hetero) is 1. The largest absolute Gasteiger partial charge is 1.00 e. The number of nitrogens with zero attached hydrogens (tertiary/aromatic N) is 2. The van der Waals surface area contributed by atoms with Crippen molar-refractivity contribution in [1.82, 2.24) is 0 Å². The molecule has 3 aliphatic rings. The second kappa shape index (κ2) is 14.2. The number of ether oxygens (including phenoxy) is 4. The zero-order valence-corrected chi connectivity index (χ0v) is 35.6. The summed E-state index contributed by atoms with van der Waals surface area (Å²) in [4.78, 5) is 77.3. The molecule has 0 radical (unpaired) electrons. The van der Waals surface area contributed by atoms with Gasteiger partial charge in [-0.15, -0.1) is 23.5 Å². The van der Waals surface area contributed by atoms with E-state index in [0.29, 0.717) is 53.2 Å². The number of aliphatic carboxylic acids is 2. The third kappa shape index (κ3) is 5.25. The van der Waals surface area contributed by atoms with Crippen LogP contribution in [0.15, 0.2) is 34.9 Å². The van der Waals surface area contributed by atoms with Gasteiger partial charge in [-0.1, -0.05) is 5.57 Å². The average molecular weight is 773 g/mol. The molecule has 8 rings (SSSR count). The van der Waals surface area contributed by atoms with Crippen LogP contribution in [0.4, 0.5) is 0 Å². The molecule has 0 spiro atoms. The van der Waals surface area contributed by atoms with E-state index in [1.54, 1.807) is 6.92 Å². The number of hydrogen-bond acceptors (Lipinski definition) is 15. The first-order valence-corrected chi connectivity index (χ1v) is 17.6. The van der Waals surface area contributed by atoms with Gasteiger partial charge in [0.1, 0.15) is 11.5 Å². The smallest absolute Gasteiger partial charge is 0.548 e. The number of fused-ring (bicyclic) bond motifs is 5. The molecule has 17 heteroatoms. The van der Waals surface area contributed by atoms with E-state index in [1.165, 1.54) is 35.4 Å². The van der Waals surface area contributed by atoms with Crippen LogP contribution >= 0.6 is 23.5 Å². The van der Waals surface area contributed by atoms with Crippen molar-refractivity contribution in [3.8, 4) is 23.0 Å². The summed E-state index contributed by atoms with van der Waals surface area (Å²) >= 11 is 2.27. The van der Waals surface area contributed by atoms with Gasteiger partial charge >= 0.3 is 59.1 Å². The normalized spacial score (nSPS) is 17.3. The molecular formula is C36H26N2Na2O11S2. The first kappa shape index (κ1) is 39.5. The monoisotopic (exact) mass is 772 g/mol. The average Bonchev–Trinajstić information content (AvgIpc) is 3.23. The minimum atomic E-state index is -1.42. The Balaban J connectivity index is 0.00000240. The molecule has 0 saturated heterocycles. The molecule has 0 aromatic heterocycles. The minimum Gasteiger partial charge on any atom is -0.548 e. The van der Waals surface area contributed by atoms with E-state index in [-0.39, 0.29) is 138 Å². The van der Waals surface area contributed by atoms with E-state index in [4.69, 9.17) is 18.9 Å². The summed E-state index contributed by atoms with van der Waals surface area (Å²) in [5, 5.41) is 26.7. The van der Waals surface area contributed by atoms with Gasteiger partial charge in [0.05, 0.1) is 83.7 Å². The summed E-state index contributed by atoms with van der Waals surface area (Å²) < 4.78 is 23.9. The molecule has 5 aromatic rings. The van der Waals surface area contributed by atoms with E-state index in [9.17, 15) is 34.2 Å². The molecule has 0 saturated carbocycles. The number of carboxylic acid groups (broad SMARTS) is 2. The van der Waals surface area contributed by atoms with E-state index in [1.807, 2.05) is 0 Å². The van der Waals surface area contributed by atoms with Crippen LogP contribution in [-0.2, 0) is 20.8 Å². The number of hydrogen-bond donors (Lipinski definition) is 0. The van der Waals surface area contributed by atoms with Crippen LogP contribution in [0.5, 0.6) is 23.0 Å². The summed E-state index contributed by atoms with van der Waals surface area (Å²) in [5.41, 5.74) is 0.148. The van der Waals surface area contributed by atoms with Crippen molar-refractivity contribution >= 4 is 89.9 Å². The number of ketones is 1. The number of methoxy groups -OCH3 is 4. The van der Waals surface area contributed by atoms with Crippen LogP contribution in [0.1, 0.15) is 25.0 Å². The van der Waals surface area contributed by atoms with Gasteiger partial charge in [-0.05, 0) is 25.7 Å². The van der Waals surface area contributed by atoms with Gasteiger partial charge in [-0.25, -0.2) is 0 Å². The van der Waals surface area contributed by atoms with E-state index < -0.39 is 34.9 Å². The first-order chi connectivity index (χ1) is 24.4. The maximum Gasteiger partial charge on any atom is 1.00 e. The molecule has 0 bridgehead atoms. The standard InChI is InChI=1S/C36H28N2O11S2.2Na/c1-10-7-12-16-17-19-22(21-18(16)23(27(40)29(12)46-3)25-33(31(21)48-5)50-8-13(37-25)35(42)43)32(49-6)34-26(38-14(9-51-34)36(44)45)24(19)28(41)30(47-4)20(17)15(10)11(2)39;;/h13-14H,7-9H2,1-6H3,(H,42,43)(H,44,45);;/q;2*+1/p-2. The van der Waals surface area contributed by atoms with Gasteiger partial charge in [-0.3, -0.25) is 24.4 Å². The molecule has 1 aliphatic carbocycles. The Hall–Kier alpha value is -3.15. The molecule has 0 fully saturated rings. The van der Waals surface area contributed by atoms with Crippen LogP contribution in [0.2, 0.25) is 0 Å². The number of benzene rings is 5. The zero-order valence-electron chi connectivity index (χ0n) is 30.0. The quantitative estimate of drug-likeness (QED) is 0.0866. The fourth-order valence-electron chi connectivity index (χ4n) is 8.03. The molecule has 260 valence electrons. The fraction of sp³-hybridized carbons (Fsp3) is 0.306.